The maximum absolute atomic E-state index is 10.7. The highest BCUT2D eigenvalue weighted by molar-refractivity contribution is 5.86. The first-order chi connectivity index (χ1) is 10.1. The van der Waals surface area contributed by atoms with Gasteiger partial charge in [0.1, 0.15) is 5.82 Å². The first kappa shape index (κ1) is 12.9. The Kier molecular flexibility index (Phi) is 3.12. The third-order valence-electron chi connectivity index (χ3n) is 3.12. The molecule has 6 heteroatoms. The maximum Gasteiger partial charge on any atom is 0.311 e. The average molecular weight is 280 g/mol. The summed E-state index contributed by atoms with van der Waals surface area (Å²) >= 11 is 0. The number of rotatable bonds is 3. The first-order valence-corrected chi connectivity index (χ1v) is 6.30. The minimum absolute atomic E-state index is 0.106. The molecule has 3 rings (SSSR count). The number of nitrogens with two attached hydrogens (primary N) is 1. The van der Waals surface area contributed by atoms with Crippen molar-refractivity contribution in [1.29, 1.82) is 0 Å². The highest BCUT2D eigenvalue weighted by atomic mass is 16.6. The summed E-state index contributed by atoms with van der Waals surface area (Å²) in [5, 5.41) is 16.0. The molecule has 0 spiro atoms. The second-order valence-corrected chi connectivity index (χ2v) is 4.54. The number of hydrogen-bond donors (Lipinski definition) is 2. The van der Waals surface area contributed by atoms with Gasteiger partial charge in [-0.05, 0) is 29.0 Å². The summed E-state index contributed by atoms with van der Waals surface area (Å²) < 4.78 is 0. The first-order valence-electron chi connectivity index (χ1n) is 6.30. The Morgan fingerprint density at radius 2 is 1.81 bits per heavy atom. The lowest BCUT2D eigenvalue weighted by molar-refractivity contribution is -0.384. The van der Waals surface area contributed by atoms with Crippen LogP contribution in [-0.2, 0) is 0 Å². The fraction of sp³-hybridized carbons (Fsp3) is 0. The molecule has 3 aromatic rings. The van der Waals surface area contributed by atoms with E-state index in [0.29, 0.717) is 5.82 Å². The van der Waals surface area contributed by atoms with Crippen molar-refractivity contribution in [1.82, 2.24) is 4.98 Å². The number of nitrogen functional groups attached to an aromatic ring is 1. The number of aromatic nitrogens is 1. The smallest absolute Gasteiger partial charge is 0.311 e. The van der Waals surface area contributed by atoms with Gasteiger partial charge in [0.2, 0.25) is 5.82 Å². The van der Waals surface area contributed by atoms with Gasteiger partial charge in [-0.15, -0.1) is 0 Å². The number of pyridine rings is 1. The summed E-state index contributed by atoms with van der Waals surface area (Å²) in [5.74, 6) is 0.360. The number of fused-ring (bicyclic) bond motifs is 1. The van der Waals surface area contributed by atoms with Gasteiger partial charge in [-0.25, -0.2) is 4.98 Å². The normalized spacial score (nSPS) is 10.5. The third-order valence-corrected chi connectivity index (χ3v) is 3.12. The molecule has 1 aromatic heterocycles. The van der Waals surface area contributed by atoms with Crippen LogP contribution in [0.3, 0.4) is 0 Å². The van der Waals surface area contributed by atoms with Gasteiger partial charge in [0.25, 0.3) is 0 Å². The van der Waals surface area contributed by atoms with E-state index in [1.807, 2.05) is 42.5 Å². The second-order valence-electron chi connectivity index (χ2n) is 4.54. The minimum atomic E-state index is -0.553. The zero-order chi connectivity index (χ0) is 14.8. The number of nitrogens with zero attached hydrogens (tertiary/aromatic N) is 2. The lowest BCUT2D eigenvalue weighted by atomic mass is 10.1. The number of hydrogen-bond acceptors (Lipinski definition) is 5. The van der Waals surface area contributed by atoms with Gasteiger partial charge in [-0.2, -0.15) is 0 Å². The Bertz CT molecular complexity index is 833. The summed E-state index contributed by atoms with van der Waals surface area (Å²) in [6.45, 7) is 0. The third kappa shape index (κ3) is 2.59. The van der Waals surface area contributed by atoms with Gasteiger partial charge in [0.05, 0.1) is 4.92 Å². The van der Waals surface area contributed by atoms with Crippen molar-refractivity contribution in [2.24, 2.45) is 0 Å². The van der Waals surface area contributed by atoms with E-state index >= 15 is 0 Å². The molecule has 21 heavy (non-hydrogen) atoms. The molecule has 0 aliphatic heterocycles. The zero-order valence-corrected chi connectivity index (χ0v) is 11.0. The quantitative estimate of drug-likeness (QED) is 0.566. The Morgan fingerprint density at radius 3 is 2.52 bits per heavy atom. The molecule has 3 N–H and O–H groups in total. The van der Waals surface area contributed by atoms with E-state index in [1.54, 1.807) is 0 Å². The summed E-state index contributed by atoms with van der Waals surface area (Å²) in [5.41, 5.74) is 6.22. The van der Waals surface area contributed by atoms with E-state index in [1.165, 1.54) is 12.1 Å². The Morgan fingerprint density at radius 1 is 1.05 bits per heavy atom. The number of benzene rings is 2. The molecule has 0 saturated heterocycles. The predicted molar refractivity (Wildman–Crippen MR) is 82.5 cm³/mol. The van der Waals surface area contributed by atoms with E-state index in [2.05, 4.69) is 10.3 Å². The highest BCUT2D eigenvalue weighted by Gasteiger charge is 2.12. The van der Waals surface area contributed by atoms with Crippen molar-refractivity contribution in [2.45, 2.75) is 0 Å². The van der Waals surface area contributed by atoms with Crippen LogP contribution >= 0.6 is 0 Å². The van der Waals surface area contributed by atoms with Crippen LogP contribution in [0.15, 0.2) is 54.6 Å². The van der Waals surface area contributed by atoms with Crippen LogP contribution in [0.5, 0.6) is 0 Å². The molecule has 0 aliphatic carbocycles. The Hall–Kier alpha value is -3.15. The summed E-state index contributed by atoms with van der Waals surface area (Å²) in [6, 6.07) is 16.7. The van der Waals surface area contributed by atoms with Crippen molar-refractivity contribution < 1.29 is 4.92 Å². The monoisotopic (exact) mass is 280 g/mol. The van der Waals surface area contributed by atoms with Crippen LogP contribution in [0.25, 0.3) is 10.8 Å². The Labute approximate surface area is 120 Å². The van der Waals surface area contributed by atoms with Gasteiger partial charge in [-0.1, -0.05) is 30.3 Å². The molecule has 0 bridgehead atoms. The fourth-order valence-electron chi connectivity index (χ4n) is 2.11. The van der Waals surface area contributed by atoms with Crippen molar-refractivity contribution in [2.75, 3.05) is 11.1 Å². The maximum atomic E-state index is 10.7. The van der Waals surface area contributed by atoms with Crippen molar-refractivity contribution in [3.63, 3.8) is 0 Å². The van der Waals surface area contributed by atoms with Gasteiger partial charge in [0.15, 0.2) is 0 Å². The highest BCUT2D eigenvalue weighted by Crippen LogP contribution is 2.25. The van der Waals surface area contributed by atoms with E-state index < -0.39 is 4.92 Å². The van der Waals surface area contributed by atoms with Crippen LogP contribution in [0.2, 0.25) is 0 Å². The molecular formula is C15H12N4O2. The van der Waals surface area contributed by atoms with Gasteiger partial charge in [-0.3, -0.25) is 10.1 Å². The average Bonchev–Trinajstić information content (AvgIpc) is 2.47. The molecular weight excluding hydrogens is 268 g/mol. The molecule has 0 saturated carbocycles. The van der Waals surface area contributed by atoms with Crippen molar-refractivity contribution >= 4 is 33.8 Å². The van der Waals surface area contributed by atoms with Crippen molar-refractivity contribution in [3.05, 3.63) is 64.7 Å². The Balaban J connectivity index is 1.91. The molecule has 2 aromatic carbocycles. The number of nitrogens with one attached hydrogen (secondary N) is 1. The van der Waals surface area contributed by atoms with Crippen LogP contribution < -0.4 is 11.1 Å². The molecule has 1 heterocycles. The number of nitro groups is 1. The van der Waals surface area contributed by atoms with Gasteiger partial charge in [0, 0.05) is 11.8 Å². The predicted octanol–water partition coefficient (Wildman–Crippen LogP) is 3.47. The molecule has 0 fully saturated rings. The SMILES string of the molecule is Nc1nc(Nc2ccc3ccccc3c2)ccc1[N+](=O)[O-]. The molecule has 0 amide bonds. The van der Waals surface area contributed by atoms with Gasteiger partial charge >= 0.3 is 5.69 Å². The van der Waals surface area contributed by atoms with Crippen LogP contribution in [-0.4, -0.2) is 9.91 Å². The van der Waals surface area contributed by atoms with E-state index in [4.69, 9.17) is 5.73 Å². The standard InChI is InChI=1S/C15H12N4O2/c16-15-13(19(20)21)7-8-14(18-15)17-12-6-5-10-3-1-2-4-11(10)9-12/h1-9H,(H3,16,17,18). The zero-order valence-electron chi connectivity index (χ0n) is 11.0. The largest absolute Gasteiger partial charge is 0.378 e. The van der Waals surface area contributed by atoms with E-state index in [-0.39, 0.29) is 11.5 Å². The molecule has 0 atom stereocenters. The van der Waals surface area contributed by atoms with Crippen LogP contribution in [0.4, 0.5) is 23.0 Å². The summed E-state index contributed by atoms with van der Waals surface area (Å²) in [7, 11) is 0. The lowest BCUT2D eigenvalue weighted by Crippen LogP contribution is -2.01. The summed E-state index contributed by atoms with van der Waals surface area (Å²) in [4.78, 5) is 14.1. The van der Waals surface area contributed by atoms with E-state index in [0.717, 1.165) is 16.5 Å². The number of anilines is 3. The van der Waals surface area contributed by atoms with Gasteiger partial charge < -0.3 is 11.1 Å². The molecule has 104 valence electrons. The molecule has 0 aliphatic rings. The fourth-order valence-corrected chi connectivity index (χ4v) is 2.11. The van der Waals surface area contributed by atoms with Crippen LogP contribution in [0, 0.1) is 10.1 Å². The second kappa shape index (κ2) is 5.09. The molecule has 6 nitrogen and oxygen atoms in total. The topological polar surface area (TPSA) is 94.1 Å². The molecule has 0 unspecified atom stereocenters. The summed E-state index contributed by atoms with van der Waals surface area (Å²) in [6.07, 6.45) is 0. The lowest BCUT2D eigenvalue weighted by Gasteiger charge is -2.07. The van der Waals surface area contributed by atoms with E-state index in [9.17, 15) is 10.1 Å². The van der Waals surface area contributed by atoms with Crippen LogP contribution in [0.1, 0.15) is 0 Å². The minimum Gasteiger partial charge on any atom is -0.378 e. The molecule has 0 radical (unpaired) electrons. The van der Waals surface area contributed by atoms with Crippen molar-refractivity contribution in [3.8, 4) is 0 Å².